The van der Waals surface area contributed by atoms with Crippen LogP contribution in [0.5, 0.6) is 0 Å². The van der Waals surface area contributed by atoms with Crippen molar-refractivity contribution in [1.82, 2.24) is 20.4 Å². The van der Waals surface area contributed by atoms with Crippen LogP contribution in [0.25, 0.3) is 0 Å². The lowest BCUT2D eigenvalue weighted by Crippen LogP contribution is -2.40. The fourth-order valence-electron chi connectivity index (χ4n) is 2.39. The molecule has 3 rings (SSSR count). The summed E-state index contributed by atoms with van der Waals surface area (Å²) in [7, 11) is 0. The van der Waals surface area contributed by atoms with Crippen LogP contribution in [0.3, 0.4) is 0 Å². The molecule has 2 aromatic rings. The van der Waals surface area contributed by atoms with Gasteiger partial charge < -0.3 is 14.3 Å². The Balaban J connectivity index is 1.79. The van der Waals surface area contributed by atoms with E-state index in [1.165, 1.54) is 6.26 Å². The van der Waals surface area contributed by atoms with Crippen molar-refractivity contribution in [3.05, 3.63) is 35.9 Å². The predicted molar refractivity (Wildman–Crippen MR) is 73.4 cm³/mol. The summed E-state index contributed by atoms with van der Waals surface area (Å²) in [5, 5.41) is 6.45. The zero-order valence-corrected chi connectivity index (χ0v) is 12.3. The van der Waals surface area contributed by atoms with Gasteiger partial charge in [0, 0.05) is 6.42 Å². The fraction of sp³-hybridized carbons (Fsp3) is 0.429. The maximum Gasteiger partial charge on any atom is 0.325 e. The van der Waals surface area contributed by atoms with E-state index < -0.39 is 17.5 Å². The minimum Gasteiger partial charge on any atom is -0.466 e. The molecule has 3 amide bonds. The SMILES string of the molecule is CCCc1noc(CN2C(=O)NC(C)(c3ccco3)C2=O)n1. The Kier molecular flexibility index (Phi) is 3.44. The third kappa shape index (κ3) is 2.26. The van der Waals surface area contributed by atoms with Crippen LogP contribution in [0.4, 0.5) is 4.79 Å². The molecule has 1 unspecified atom stereocenters. The van der Waals surface area contributed by atoms with Crippen molar-refractivity contribution in [2.75, 3.05) is 0 Å². The topological polar surface area (TPSA) is 101 Å². The fourth-order valence-corrected chi connectivity index (χ4v) is 2.39. The van der Waals surface area contributed by atoms with Crippen LogP contribution in [0.15, 0.2) is 27.3 Å². The lowest BCUT2D eigenvalue weighted by Gasteiger charge is -2.18. The van der Waals surface area contributed by atoms with Crippen LogP contribution in [-0.4, -0.2) is 27.0 Å². The Labute approximate surface area is 126 Å². The number of carbonyl (C=O) groups excluding carboxylic acids is 2. The lowest BCUT2D eigenvalue weighted by atomic mass is 9.99. The molecule has 2 aromatic heterocycles. The molecule has 0 radical (unpaired) electrons. The first-order chi connectivity index (χ1) is 10.5. The highest BCUT2D eigenvalue weighted by Crippen LogP contribution is 2.29. The number of urea groups is 1. The van der Waals surface area contributed by atoms with Gasteiger partial charge in [0.1, 0.15) is 12.3 Å². The van der Waals surface area contributed by atoms with E-state index in [1.54, 1.807) is 19.1 Å². The van der Waals surface area contributed by atoms with Gasteiger partial charge in [0.15, 0.2) is 11.4 Å². The molecule has 8 nitrogen and oxygen atoms in total. The normalized spacial score (nSPS) is 21.5. The molecule has 0 aromatic carbocycles. The molecule has 116 valence electrons. The van der Waals surface area contributed by atoms with Gasteiger partial charge in [-0.15, -0.1) is 0 Å². The van der Waals surface area contributed by atoms with E-state index in [1.807, 2.05) is 6.92 Å². The number of rotatable bonds is 5. The van der Waals surface area contributed by atoms with Crippen molar-refractivity contribution in [2.24, 2.45) is 0 Å². The molecular formula is C14H16N4O4. The van der Waals surface area contributed by atoms with E-state index in [-0.39, 0.29) is 12.4 Å². The van der Waals surface area contributed by atoms with Crippen molar-refractivity contribution in [1.29, 1.82) is 0 Å². The van der Waals surface area contributed by atoms with Crippen LogP contribution >= 0.6 is 0 Å². The monoisotopic (exact) mass is 304 g/mol. The second kappa shape index (κ2) is 5.28. The summed E-state index contributed by atoms with van der Waals surface area (Å²) < 4.78 is 10.3. The summed E-state index contributed by atoms with van der Waals surface area (Å²) in [6, 6.07) is 2.80. The van der Waals surface area contributed by atoms with Gasteiger partial charge in [-0.25, -0.2) is 4.79 Å². The van der Waals surface area contributed by atoms with Gasteiger partial charge in [0.2, 0.25) is 5.89 Å². The molecule has 1 atom stereocenters. The van der Waals surface area contributed by atoms with E-state index in [9.17, 15) is 9.59 Å². The zero-order chi connectivity index (χ0) is 15.7. The van der Waals surface area contributed by atoms with Crippen molar-refractivity contribution < 1.29 is 18.5 Å². The molecule has 3 heterocycles. The Morgan fingerprint density at radius 2 is 2.23 bits per heavy atom. The van der Waals surface area contributed by atoms with Gasteiger partial charge in [-0.2, -0.15) is 4.98 Å². The third-order valence-corrected chi connectivity index (χ3v) is 3.57. The Morgan fingerprint density at radius 1 is 1.41 bits per heavy atom. The quantitative estimate of drug-likeness (QED) is 0.841. The van der Waals surface area contributed by atoms with E-state index in [4.69, 9.17) is 8.94 Å². The van der Waals surface area contributed by atoms with Crippen molar-refractivity contribution >= 4 is 11.9 Å². The number of aromatic nitrogens is 2. The van der Waals surface area contributed by atoms with E-state index in [0.717, 1.165) is 11.3 Å². The van der Waals surface area contributed by atoms with Crippen molar-refractivity contribution in [3.8, 4) is 0 Å². The summed E-state index contributed by atoms with van der Waals surface area (Å²) in [6.45, 7) is 3.54. The lowest BCUT2D eigenvalue weighted by molar-refractivity contribution is -0.132. The Bertz CT molecular complexity index is 694. The molecule has 1 saturated heterocycles. The summed E-state index contributed by atoms with van der Waals surface area (Å²) in [5.74, 6) is 0.766. The van der Waals surface area contributed by atoms with Gasteiger partial charge in [0.25, 0.3) is 5.91 Å². The molecule has 0 saturated carbocycles. The van der Waals surface area contributed by atoms with Gasteiger partial charge >= 0.3 is 6.03 Å². The first kappa shape index (κ1) is 14.3. The number of nitrogens with one attached hydrogen (secondary N) is 1. The summed E-state index contributed by atoms with van der Waals surface area (Å²) in [5.41, 5.74) is -1.22. The highest BCUT2D eigenvalue weighted by Gasteiger charge is 2.51. The number of aryl methyl sites for hydroxylation is 1. The number of imide groups is 1. The van der Waals surface area contributed by atoms with Crippen LogP contribution in [0.2, 0.25) is 0 Å². The highest BCUT2D eigenvalue weighted by molar-refractivity contribution is 6.06. The standard InChI is InChI=1S/C14H16N4O4/c1-3-5-10-15-11(22-17-10)8-18-12(19)14(2,16-13(18)20)9-6-4-7-21-9/h4,6-7H,3,5,8H2,1-2H3,(H,16,20). The summed E-state index contributed by atoms with van der Waals surface area (Å²) in [6.07, 6.45) is 3.03. The smallest absolute Gasteiger partial charge is 0.325 e. The maximum atomic E-state index is 12.6. The minimum atomic E-state index is -1.22. The van der Waals surface area contributed by atoms with Gasteiger partial charge in [-0.1, -0.05) is 12.1 Å². The second-order valence-electron chi connectivity index (χ2n) is 5.28. The van der Waals surface area contributed by atoms with Crippen LogP contribution < -0.4 is 5.32 Å². The van der Waals surface area contributed by atoms with Crippen LogP contribution in [0, 0.1) is 0 Å². The van der Waals surface area contributed by atoms with Crippen LogP contribution in [-0.2, 0) is 23.3 Å². The number of hydrogen-bond donors (Lipinski definition) is 1. The number of amides is 3. The summed E-state index contributed by atoms with van der Waals surface area (Å²) in [4.78, 5) is 29.9. The minimum absolute atomic E-state index is 0.0579. The molecule has 0 aliphatic carbocycles. The van der Waals surface area contributed by atoms with E-state index in [2.05, 4.69) is 15.5 Å². The van der Waals surface area contributed by atoms with E-state index in [0.29, 0.717) is 18.0 Å². The van der Waals surface area contributed by atoms with E-state index >= 15 is 0 Å². The molecule has 1 aliphatic heterocycles. The molecule has 22 heavy (non-hydrogen) atoms. The average Bonchev–Trinajstić information content (AvgIpc) is 3.19. The molecule has 1 fully saturated rings. The third-order valence-electron chi connectivity index (χ3n) is 3.57. The zero-order valence-electron chi connectivity index (χ0n) is 12.3. The van der Waals surface area contributed by atoms with Gasteiger partial charge in [-0.05, 0) is 25.5 Å². The maximum absolute atomic E-state index is 12.6. The number of carbonyl (C=O) groups is 2. The first-order valence-corrected chi connectivity index (χ1v) is 7.04. The first-order valence-electron chi connectivity index (χ1n) is 7.04. The van der Waals surface area contributed by atoms with Gasteiger partial charge in [0.05, 0.1) is 6.26 Å². The predicted octanol–water partition coefficient (Wildman–Crippen LogP) is 1.58. The molecule has 1 N–H and O–H groups in total. The molecular weight excluding hydrogens is 288 g/mol. The van der Waals surface area contributed by atoms with Crippen molar-refractivity contribution in [2.45, 2.75) is 38.8 Å². The number of hydrogen-bond acceptors (Lipinski definition) is 6. The number of furan rings is 1. The molecule has 1 aliphatic rings. The largest absolute Gasteiger partial charge is 0.466 e. The number of nitrogens with zero attached hydrogens (tertiary/aromatic N) is 3. The van der Waals surface area contributed by atoms with Crippen molar-refractivity contribution in [3.63, 3.8) is 0 Å². The summed E-state index contributed by atoms with van der Waals surface area (Å²) >= 11 is 0. The van der Waals surface area contributed by atoms with Gasteiger partial charge in [-0.3, -0.25) is 9.69 Å². The molecule has 0 spiro atoms. The molecule has 8 heteroatoms. The Morgan fingerprint density at radius 3 is 2.91 bits per heavy atom. The van der Waals surface area contributed by atoms with Crippen LogP contribution in [0.1, 0.15) is 37.7 Å². The second-order valence-corrected chi connectivity index (χ2v) is 5.28. The average molecular weight is 304 g/mol. The Hall–Kier alpha value is -2.64. The molecule has 0 bridgehead atoms. The highest BCUT2D eigenvalue weighted by atomic mass is 16.5.